The molecular weight excluding hydrogens is 356 g/mol. The highest BCUT2D eigenvalue weighted by Crippen LogP contribution is 2.28. The molecule has 1 aromatic heterocycles. The van der Waals surface area contributed by atoms with E-state index < -0.39 is 10.0 Å². The molecule has 3 rings (SSSR count). The third kappa shape index (κ3) is 3.78. The molecule has 1 aromatic carbocycles. The first-order chi connectivity index (χ1) is 11.9. The number of carbonyl (C=O) groups excluding carboxylic acids is 1. The third-order valence-electron chi connectivity index (χ3n) is 4.53. The summed E-state index contributed by atoms with van der Waals surface area (Å²) in [5, 5.41) is 4.48. The number of hydrogen-bond donors (Lipinski definition) is 1. The maximum Gasteiger partial charge on any atom is 0.267 e. The largest absolute Gasteiger partial charge is 0.321 e. The standard InChI is InChI=1S/C18H22N2O3S2/c1-13-6-7-15(12-14(13)2)19-18(21)17-16(8-11-24-17)25(22,23)20-9-4-3-5-10-20/h6-8,11-12H,3-5,9-10H2,1-2H3,(H,19,21). The number of anilines is 1. The molecule has 25 heavy (non-hydrogen) atoms. The number of sulfonamides is 1. The summed E-state index contributed by atoms with van der Waals surface area (Å²) in [6.45, 7) is 5.03. The van der Waals surface area contributed by atoms with Gasteiger partial charge in [-0.15, -0.1) is 11.3 Å². The van der Waals surface area contributed by atoms with Gasteiger partial charge < -0.3 is 5.32 Å². The van der Waals surface area contributed by atoms with E-state index in [0.717, 1.165) is 41.7 Å². The fourth-order valence-electron chi connectivity index (χ4n) is 2.92. The van der Waals surface area contributed by atoms with Crippen molar-refractivity contribution in [2.24, 2.45) is 0 Å². The zero-order valence-corrected chi connectivity index (χ0v) is 16.0. The van der Waals surface area contributed by atoms with Crippen molar-refractivity contribution in [1.29, 1.82) is 0 Å². The van der Waals surface area contributed by atoms with Gasteiger partial charge in [0.15, 0.2) is 0 Å². The summed E-state index contributed by atoms with van der Waals surface area (Å²) in [6, 6.07) is 7.18. The van der Waals surface area contributed by atoms with Crippen LogP contribution in [0.25, 0.3) is 0 Å². The molecule has 0 saturated carbocycles. The highest BCUT2D eigenvalue weighted by atomic mass is 32.2. The highest BCUT2D eigenvalue weighted by molar-refractivity contribution is 7.89. The third-order valence-corrected chi connectivity index (χ3v) is 7.52. The summed E-state index contributed by atoms with van der Waals surface area (Å²) in [5.41, 5.74) is 2.88. The fourth-order valence-corrected chi connectivity index (χ4v) is 5.73. The molecule has 1 fully saturated rings. The van der Waals surface area contributed by atoms with Crippen LogP contribution in [-0.4, -0.2) is 31.7 Å². The van der Waals surface area contributed by atoms with Crippen molar-refractivity contribution in [3.63, 3.8) is 0 Å². The van der Waals surface area contributed by atoms with Crippen LogP contribution >= 0.6 is 11.3 Å². The first-order valence-corrected chi connectivity index (χ1v) is 10.7. The molecule has 5 nitrogen and oxygen atoms in total. The van der Waals surface area contributed by atoms with Crippen molar-refractivity contribution < 1.29 is 13.2 Å². The van der Waals surface area contributed by atoms with Crippen molar-refractivity contribution in [3.05, 3.63) is 45.6 Å². The van der Waals surface area contributed by atoms with Crippen LogP contribution in [0.15, 0.2) is 34.5 Å². The van der Waals surface area contributed by atoms with Crippen molar-refractivity contribution in [3.8, 4) is 0 Å². The van der Waals surface area contributed by atoms with E-state index in [1.54, 1.807) is 5.38 Å². The van der Waals surface area contributed by atoms with Gasteiger partial charge in [0.1, 0.15) is 9.77 Å². The van der Waals surface area contributed by atoms with Gasteiger partial charge in [0.05, 0.1) is 0 Å². The van der Waals surface area contributed by atoms with Gasteiger partial charge >= 0.3 is 0 Å². The van der Waals surface area contributed by atoms with E-state index in [1.807, 2.05) is 32.0 Å². The summed E-state index contributed by atoms with van der Waals surface area (Å²) in [7, 11) is -3.62. The van der Waals surface area contributed by atoms with Gasteiger partial charge in [-0.1, -0.05) is 12.5 Å². The normalized spacial score (nSPS) is 15.9. The first-order valence-electron chi connectivity index (χ1n) is 8.36. The minimum absolute atomic E-state index is 0.112. The number of nitrogens with one attached hydrogen (secondary N) is 1. The van der Waals surface area contributed by atoms with Crippen LogP contribution in [0.3, 0.4) is 0 Å². The minimum Gasteiger partial charge on any atom is -0.321 e. The van der Waals surface area contributed by atoms with Crippen LogP contribution in [-0.2, 0) is 10.0 Å². The Morgan fingerprint density at radius 2 is 1.80 bits per heavy atom. The molecule has 0 atom stereocenters. The summed E-state index contributed by atoms with van der Waals surface area (Å²) >= 11 is 1.16. The van der Waals surface area contributed by atoms with Crippen LogP contribution in [0.4, 0.5) is 5.69 Å². The van der Waals surface area contributed by atoms with Crippen molar-refractivity contribution in [1.82, 2.24) is 4.31 Å². The smallest absolute Gasteiger partial charge is 0.267 e. The molecule has 0 bridgehead atoms. The molecule has 0 radical (unpaired) electrons. The van der Waals surface area contributed by atoms with Crippen LogP contribution in [0.1, 0.15) is 40.1 Å². The van der Waals surface area contributed by atoms with Crippen molar-refractivity contribution in [2.75, 3.05) is 18.4 Å². The van der Waals surface area contributed by atoms with Gasteiger partial charge in [-0.3, -0.25) is 4.79 Å². The molecule has 1 amide bonds. The lowest BCUT2D eigenvalue weighted by Crippen LogP contribution is -2.36. The molecule has 1 aliphatic heterocycles. The van der Waals surface area contributed by atoms with E-state index in [9.17, 15) is 13.2 Å². The average molecular weight is 379 g/mol. The lowest BCUT2D eigenvalue weighted by molar-refractivity contribution is 0.102. The fraction of sp³-hybridized carbons (Fsp3) is 0.389. The van der Waals surface area contributed by atoms with Gasteiger partial charge in [0.25, 0.3) is 5.91 Å². The number of carbonyl (C=O) groups is 1. The molecule has 2 heterocycles. The Balaban J connectivity index is 1.85. The molecule has 1 saturated heterocycles. The van der Waals surface area contributed by atoms with Crippen LogP contribution in [0, 0.1) is 13.8 Å². The number of thiophene rings is 1. The summed E-state index contributed by atoms with van der Waals surface area (Å²) in [4.78, 5) is 13.0. The zero-order chi connectivity index (χ0) is 18.0. The summed E-state index contributed by atoms with van der Waals surface area (Å²) in [5.74, 6) is -0.381. The van der Waals surface area contributed by atoms with Crippen LogP contribution < -0.4 is 5.32 Å². The van der Waals surface area contributed by atoms with Crippen molar-refractivity contribution >= 4 is 33.0 Å². The summed E-state index contributed by atoms with van der Waals surface area (Å²) in [6.07, 6.45) is 2.79. The van der Waals surface area contributed by atoms with Crippen molar-refractivity contribution in [2.45, 2.75) is 38.0 Å². The SMILES string of the molecule is Cc1ccc(NC(=O)c2sccc2S(=O)(=O)N2CCCCC2)cc1C. The molecule has 0 spiro atoms. The monoisotopic (exact) mass is 378 g/mol. The Morgan fingerprint density at radius 3 is 2.48 bits per heavy atom. The van der Waals surface area contributed by atoms with Gasteiger partial charge in [-0.25, -0.2) is 8.42 Å². The van der Waals surface area contributed by atoms with Gasteiger partial charge in [-0.2, -0.15) is 4.31 Å². The van der Waals surface area contributed by atoms with E-state index in [1.165, 1.54) is 10.4 Å². The van der Waals surface area contributed by atoms with E-state index in [-0.39, 0.29) is 15.7 Å². The van der Waals surface area contributed by atoms with E-state index in [4.69, 9.17) is 0 Å². The Labute approximate surface area is 152 Å². The number of benzene rings is 1. The molecule has 1 aliphatic rings. The quantitative estimate of drug-likeness (QED) is 0.880. The maximum absolute atomic E-state index is 12.9. The number of rotatable bonds is 4. The number of hydrogen-bond acceptors (Lipinski definition) is 4. The van der Waals surface area contributed by atoms with E-state index in [0.29, 0.717) is 18.8 Å². The number of piperidine rings is 1. The maximum atomic E-state index is 12.9. The lowest BCUT2D eigenvalue weighted by atomic mass is 10.1. The van der Waals surface area contributed by atoms with E-state index in [2.05, 4.69) is 5.32 Å². The average Bonchev–Trinajstić information content (AvgIpc) is 3.10. The molecule has 1 N–H and O–H groups in total. The molecular formula is C18H22N2O3S2. The molecule has 2 aromatic rings. The molecule has 0 aliphatic carbocycles. The molecule has 0 unspecified atom stereocenters. The van der Waals surface area contributed by atoms with E-state index >= 15 is 0 Å². The van der Waals surface area contributed by atoms with Gasteiger partial charge in [-0.05, 0) is 61.4 Å². The second-order valence-electron chi connectivity index (χ2n) is 6.33. The predicted molar refractivity (Wildman–Crippen MR) is 101 cm³/mol. The minimum atomic E-state index is -3.62. The lowest BCUT2D eigenvalue weighted by Gasteiger charge is -2.25. The summed E-state index contributed by atoms with van der Waals surface area (Å²) < 4.78 is 27.2. The zero-order valence-electron chi connectivity index (χ0n) is 14.4. The van der Waals surface area contributed by atoms with Gasteiger partial charge in [0.2, 0.25) is 10.0 Å². The second-order valence-corrected chi connectivity index (χ2v) is 9.15. The molecule has 7 heteroatoms. The number of aryl methyl sites for hydroxylation is 2. The Morgan fingerprint density at radius 1 is 1.08 bits per heavy atom. The second kappa shape index (κ2) is 7.27. The number of amides is 1. The Hall–Kier alpha value is -1.70. The topological polar surface area (TPSA) is 66.5 Å². The van der Waals surface area contributed by atoms with Gasteiger partial charge in [0, 0.05) is 18.8 Å². The van der Waals surface area contributed by atoms with Crippen LogP contribution in [0.2, 0.25) is 0 Å². The first kappa shape index (κ1) is 18.1. The predicted octanol–water partition coefficient (Wildman–Crippen LogP) is 3.79. The Bertz CT molecular complexity index is 881. The number of nitrogens with zero attached hydrogens (tertiary/aromatic N) is 1. The Kier molecular flexibility index (Phi) is 5.27. The molecule has 134 valence electrons. The van der Waals surface area contributed by atoms with Crippen LogP contribution in [0.5, 0.6) is 0 Å². The highest BCUT2D eigenvalue weighted by Gasteiger charge is 2.31.